The number of amides is 1. The third kappa shape index (κ3) is 5.53. The number of ether oxygens (including phenoxy) is 1. The SMILES string of the molecule is CC(=O)NC(CC(=O)OCc1cc(C)cc(C)c1)c1cccs1. The standard InChI is InChI=1S/C18H21NO3S/c1-12-7-13(2)9-15(8-12)11-22-18(21)10-16(19-14(3)20)17-5-4-6-23-17/h4-9,16H,10-11H2,1-3H3,(H,19,20). The average molecular weight is 331 g/mol. The minimum atomic E-state index is -0.334. The number of carbonyl (C=O) groups is 2. The van der Waals surface area contributed by atoms with Gasteiger partial charge in [0.15, 0.2) is 0 Å². The first-order valence-electron chi connectivity index (χ1n) is 7.47. The summed E-state index contributed by atoms with van der Waals surface area (Å²) in [5.74, 6) is -0.484. The van der Waals surface area contributed by atoms with Crippen LogP contribution in [0.4, 0.5) is 0 Å². The lowest BCUT2D eigenvalue weighted by Crippen LogP contribution is -2.28. The molecule has 0 aliphatic carbocycles. The van der Waals surface area contributed by atoms with Gasteiger partial charge in [-0.1, -0.05) is 35.4 Å². The van der Waals surface area contributed by atoms with Crippen LogP contribution >= 0.6 is 11.3 Å². The molecule has 0 saturated carbocycles. The molecule has 0 bridgehead atoms. The third-order valence-corrected chi connectivity index (χ3v) is 4.30. The van der Waals surface area contributed by atoms with Crippen LogP contribution in [0.3, 0.4) is 0 Å². The number of aryl methyl sites for hydroxylation is 2. The molecule has 5 heteroatoms. The van der Waals surface area contributed by atoms with E-state index in [0.29, 0.717) is 0 Å². The average Bonchev–Trinajstić information content (AvgIpc) is 2.97. The Bertz CT molecular complexity index is 659. The maximum atomic E-state index is 12.1. The molecular formula is C18H21NO3S. The molecule has 2 aromatic rings. The van der Waals surface area contributed by atoms with Crippen molar-refractivity contribution < 1.29 is 14.3 Å². The lowest BCUT2D eigenvalue weighted by Gasteiger charge is -2.16. The Balaban J connectivity index is 1.95. The van der Waals surface area contributed by atoms with Crippen LogP contribution in [0, 0.1) is 13.8 Å². The maximum absolute atomic E-state index is 12.1. The van der Waals surface area contributed by atoms with Crippen molar-refractivity contribution in [3.63, 3.8) is 0 Å². The van der Waals surface area contributed by atoms with Gasteiger partial charge < -0.3 is 10.1 Å². The van der Waals surface area contributed by atoms with E-state index in [1.807, 2.05) is 43.5 Å². The maximum Gasteiger partial charge on any atom is 0.308 e. The molecule has 0 aliphatic heterocycles. The van der Waals surface area contributed by atoms with E-state index >= 15 is 0 Å². The Morgan fingerprint density at radius 3 is 2.48 bits per heavy atom. The Labute approximate surface area is 140 Å². The summed E-state index contributed by atoms with van der Waals surface area (Å²) in [6, 6.07) is 9.56. The number of rotatable bonds is 6. The first-order valence-corrected chi connectivity index (χ1v) is 8.35. The summed E-state index contributed by atoms with van der Waals surface area (Å²) in [7, 11) is 0. The smallest absolute Gasteiger partial charge is 0.308 e. The van der Waals surface area contributed by atoms with E-state index in [1.165, 1.54) is 18.3 Å². The van der Waals surface area contributed by atoms with Gasteiger partial charge in [-0.2, -0.15) is 0 Å². The predicted molar refractivity (Wildman–Crippen MR) is 91.2 cm³/mol. The van der Waals surface area contributed by atoms with Gasteiger partial charge in [-0.25, -0.2) is 0 Å². The van der Waals surface area contributed by atoms with Crippen molar-refractivity contribution in [3.8, 4) is 0 Å². The minimum Gasteiger partial charge on any atom is -0.461 e. The Hall–Kier alpha value is -2.14. The van der Waals surface area contributed by atoms with E-state index in [9.17, 15) is 9.59 Å². The van der Waals surface area contributed by atoms with Crippen LogP contribution in [0.5, 0.6) is 0 Å². The molecule has 1 unspecified atom stereocenters. The highest BCUT2D eigenvalue weighted by atomic mass is 32.1. The van der Waals surface area contributed by atoms with Crippen LogP contribution < -0.4 is 5.32 Å². The highest BCUT2D eigenvalue weighted by Crippen LogP contribution is 2.22. The summed E-state index contributed by atoms with van der Waals surface area (Å²) in [5.41, 5.74) is 3.26. The summed E-state index contributed by atoms with van der Waals surface area (Å²) in [5, 5.41) is 4.72. The molecule has 2 rings (SSSR count). The molecule has 4 nitrogen and oxygen atoms in total. The predicted octanol–water partition coefficient (Wildman–Crippen LogP) is 3.68. The molecular weight excluding hydrogens is 310 g/mol. The van der Waals surface area contributed by atoms with Crippen LogP contribution in [0.1, 0.15) is 41.0 Å². The van der Waals surface area contributed by atoms with E-state index < -0.39 is 0 Å². The quantitative estimate of drug-likeness (QED) is 0.822. The zero-order valence-electron chi connectivity index (χ0n) is 13.6. The van der Waals surface area contributed by atoms with Gasteiger partial charge in [0, 0.05) is 11.8 Å². The third-order valence-electron chi connectivity index (χ3n) is 3.32. The lowest BCUT2D eigenvalue weighted by atomic mass is 10.1. The van der Waals surface area contributed by atoms with Gasteiger partial charge >= 0.3 is 5.97 Å². The number of esters is 1. The molecule has 0 radical (unpaired) electrons. The van der Waals surface area contributed by atoms with Gasteiger partial charge in [-0.15, -0.1) is 11.3 Å². The Morgan fingerprint density at radius 2 is 1.91 bits per heavy atom. The molecule has 0 fully saturated rings. The Kier molecular flexibility index (Phi) is 5.93. The van der Waals surface area contributed by atoms with Crippen molar-refractivity contribution in [1.82, 2.24) is 5.32 Å². The molecule has 1 amide bonds. The van der Waals surface area contributed by atoms with Crippen LogP contribution in [0.25, 0.3) is 0 Å². The monoisotopic (exact) mass is 331 g/mol. The zero-order chi connectivity index (χ0) is 16.8. The fourth-order valence-corrected chi connectivity index (χ4v) is 3.28. The summed E-state index contributed by atoms with van der Waals surface area (Å²) < 4.78 is 5.36. The number of hydrogen-bond acceptors (Lipinski definition) is 4. The number of benzene rings is 1. The second-order valence-electron chi connectivity index (χ2n) is 5.63. The minimum absolute atomic E-state index is 0.130. The van der Waals surface area contributed by atoms with Gasteiger partial charge in [0.05, 0.1) is 12.5 Å². The first kappa shape index (κ1) is 17.2. The molecule has 1 aromatic carbocycles. The normalized spacial score (nSPS) is 11.8. The van der Waals surface area contributed by atoms with Crippen LogP contribution in [-0.2, 0) is 20.9 Å². The number of nitrogens with one attached hydrogen (secondary N) is 1. The fourth-order valence-electron chi connectivity index (χ4n) is 2.50. The van der Waals surface area contributed by atoms with E-state index in [1.54, 1.807) is 0 Å². The van der Waals surface area contributed by atoms with E-state index in [2.05, 4.69) is 11.4 Å². The van der Waals surface area contributed by atoms with Gasteiger partial charge in [0.2, 0.25) is 5.91 Å². The van der Waals surface area contributed by atoms with Gasteiger partial charge in [0.1, 0.15) is 6.61 Å². The van der Waals surface area contributed by atoms with Gasteiger partial charge in [0.25, 0.3) is 0 Å². The zero-order valence-corrected chi connectivity index (χ0v) is 14.4. The molecule has 122 valence electrons. The second kappa shape index (κ2) is 7.92. The van der Waals surface area contributed by atoms with Crippen LogP contribution in [0.2, 0.25) is 0 Å². The van der Waals surface area contributed by atoms with Gasteiger partial charge in [-0.3, -0.25) is 9.59 Å². The van der Waals surface area contributed by atoms with E-state index in [0.717, 1.165) is 21.6 Å². The van der Waals surface area contributed by atoms with Crippen molar-refractivity contribution in [1.29, 1.82) is 0 Å². The summed E-state index contributed by atoms with van der Waals surface area (Å²) in [6.07, 6.45) is 0.130. The van der Waals surface area contributed by atoms with Crippen molar-refractivity contribution in [2.45, 2.75) is 39.8 Å². The summed E-state index contributed by atoms with van der Waals surface area (Å²) in [6.45, 7) is 5.73. The number of thiophene rings is 1. The topological polar surface area (TPSA) is 55.4 Å². The fraction of sp³-hybridized carbons (Fsp3) is 0.333. The second-order valence-corrected chi connectivity index (χ2v) is 6.61. The molecule has 1 heterocycles. The molecule has 1 aromatic heterocycles. The van der Waals surface area contributed by atoms with Crippen molar-refractivity contribution in [2.75, 3.05) is 0 Å². The van der Waals surface area contributed by atoms with E-state index in [4.69, 9.17) is 4.74 Å². The Morgan fingerprint density at radius 1 is 1.22 bits per heavy atom. The number of carbonyl (C=O) groups excluding carboxylic acids is 2. The van der Waals surface area contributed by atoms with Crippen molar-refractivity contribution >= 4 is 23.2 Å². The molecule has 23 heavy (non-hydrogen) atoms. The molecule has 0 aliphatic rings. The van der Waals surface area contributed by atoms with Crippen molar-refractivity contribution in [2.24, 2.45) is 0 Å². The molecule has 1 N–H and O–H groups in total. The highest BCUT2D eigenvalue weighted by molar-refractivity contribution is 7.10. The largest absolute Gasteiger partial charge is 0.461 e. The molecule has 1 atom stereocenters. The van der Waals surface area contributed by atoms with Gasteiger partial charge in [-0.05, 0) is 30.9 Å². The van der Waals surface area contributed by atoms with Crippen LogP contribution in [0.15, 0.2) is 35.7 Å². The lowest BCUT2D eigenvalue weighted by molar-refractivity contribution is -0.145. The summed E-state index contributed by atoms with van der Waals surface area (Å²) in [4.78, 5) is 24.4. The van der Waals surface area contributed by atoms with E-state index in [-0.39, 0.29) is 30.9 Å². The summed E-state index contributed by atoms with van der Waals surface area (Å²) >= 11 is 1.51. The number of hydrogen-bond donors (Lipinski definition) is 1. The molecule has 0 saturated heterocycles. The first-order chi connectivity index (χ1) is 10.9. The molecule has 0 spiro atoms. The highest BCUT2D eigenvalue weighted by Gasteiger charge is 2.19. The van der Waals surface area contributed by atoms with Crippen molar-refractivity contribution in [3.05, 3.63) is 57.3 Å². The van der Waals surface area contributed by atoms with Crippen LogP contribution in [-0.4, -0.2) is 11.9 Å².